The average Bonchev–Trinajstić information content (AvgIpc) is 1.96. The quantitative estimate of drug-likeness (QED) is 0.474. The third-order valence-corrected chi connectivity index (χ3v) is 2.64. The van der Waals surface area contributed by atoms with Gasteiger partial charge in [-0.25, -0.2) is 0 Å². The Hall–Kier alpha value is -0.910. The molecule has 0 spiro atoms. The van der Waals surface area contributed by atoms with E-state index in [0.717, 1.165) is 0 Å². The van der Waals surface area contributed by atoms with Gasteiger partial charge >= 0.3 is 5.97 Å². The molecule has 2 unspecified atom stereocenters. The predicted molar refractivity (Wildman–Crippen MR) is 41.6 cm³/mol. The standard InChI is InChI=1S/C6H6BrNO4/c7-4-2(6(11)12)1-3(9)8-5(4)10/h2,4H,1H2,(H,11,12)(H,8,9,10). The summed E-state index contributed by atoms with van der Waals surface area (Å²) in [7, 11) is 0. The van der Waals surface area contributed by atoms with Crippen molar-refractivity contribution in [2.45, 2.75) is 11.2 Å². The molecule has 2 N–H and O–H groups in total. The van der Waals surface area contributed by atoms with Gasteiger partial charge in [0.15, 0.2) is 0 Å². The highest BCUT2D eigenvalue weighted by Gasteiger charge is 2.38. The fourth-order valence-electron chi connectivity index (χ4n) is 0.956. The van der Waals surface area contributed by atoms with Crippen LogP contribution >= 0.6 is 15.9 Å². The zero-order valence-electron chi connectivity index (χ0n) is 5.91. The van der Waals surface area contributed by atoms with Crippen LogP contribution in [0.4, 0.5) is 0 Å². The van der Waals surface area contributed by atoms with Gasteiger partial charge in [0.1, 0.15) is 4.83 Å². The molecule has 0 saturated carbocycles. The van der Waals surface area contributed by atoms with E-state index in [1.165, 1.54) is 0 Å². The monoisotopic (exact) mass is 235 g/mol. The van der Waals surface area contributed by atoms with E-state index in [1.54, 1.807) is 0 Å². The number of carboxylic acid groups (broad SMARTS) is 1. The highest BCUT2D eigenvalue weighted by Crippen LogP contribution is 2.21. The molecule has 12 heavy (non-hydrogen) atoms. The van der Waals surface area contributed by atoms with Gasteiger partial charge in [0, 0.05) is 6.42 Å². The molecule has 0 aromatic carbocycles. The Morgan fingerprint density at radius 3 is 2.67 bits per heavy atom. The molecule has 1 heterocycles. The SMILES string of the molecule is O=C1CC(C(=O)O)C(Br)C(=O)N1. The number of aliphatic carboxylic acids is 1. The van der Waals surface area contributed by atoms with Gasteiger partial charge in [0.25, 0.3) is 0 Å². The first kappa shape index (κ1) is 9.18. The number of carbonyl (C=O) groups excluding carboxylic acids is 2. The molecule has 6 heteroatoms. The Kier molecular flexibility index (Phi) is 2.46. The molecule has 2 amide bonds. The first-order valence-corrected chi connectivity index (χ1v) is 4.14. The minimum absolute atomic E-state index is 0.156. The number of piperidine rings is 1. The van der Waals surface area contributed by atoms with Crippen LogP contribution in [0.15, 0.2) is 0 Å². The van der Waals surface area contributed by atoms with Crippen LogP contribution in [0.1, 0.15) is 6.42 Å². The summed E-state index contributed by atoms with van der Waals surface area (Å²) >= 11 is 2.90. The fourth-order valence-corrected chi connectivity index (χ4v) is 1.48. The van der Waals surface area contributed by atoms with E-state index in [9.17, 15) is 14.4 Å². The number of hydrogen-bond donors (Lipinski definition) is 2. The minimum Gasteiger partial charge on any atom is -0.481 e. The number of halogens is 1. The Morgan fingerprint density at radius 2 is 2.17 bits per heavy atom. The van der Waals surface area contributed by atoms with Gasteiger partial charge in [0.05, 0.1) is 5.92 Å². The zero-order valence-corrected chi connectivity index (χ0v) is 7.50. The molecule has 1 aliphatic heterocycles. The lowest BCUT2D eigenvalue weighted by atomic mass is 9.97. The number of alkyl halides is 1. The molecule has 0 aromatic heterocycles. The summed E-state index contributed by atoms with van der Waals surface area (Å²) < 4.78 is 0. The van der Waals surface area contributed by atoms with Gasteiger partial charge in [-0.1, -0.05) is 15.9 Å². The molecule has 1 rings (SSSR count). The van der Waals surface area contributed by atoms with Gasteiger partial charge < -0.3 is 5.11 Å². The van der Waals surface area contributed by atoms with Gasteiger partial charge in [-0.3, -0.25) is 19.7 Å². The van der Waals surface area contributed by atoms with Gasteiger partial charge in [-0.15, -0.1) is 0 Å². The van der Waals surface area contributed by atoms with Crippen molar-refractivity contribution < 1.29 is 19.5 Å². The van der Waals surface area contributed by atoms with Crippen LogP contribution in [0, 0.1) is 5.92 Å². The van der Waals surface area contributed by atoms with Gasteiger partial charge in [-0.05, 0) is 0 Å². The third-order valence-electron chi connectivity index (χ3n) is 1.59. The largest absolute Gasteiger partial charge is 0.481 e. The molecule has 0 radical (unpaired) electrons. The highest BCUT2D eigenvalue weighted by atomic mass is 79.9. The number of rotatable bonds is 1. The molecular formula is C6H6BrNO4. The lowest BCUT2D eigenvalue weighted by molar-refractivity contribution is -0.148. The van der Waals surface area contributed by atoms with E-state index in [-0.39, 0.29) is 6.42 Å². The number of hydrogen-bond acceptors (Lipinski definition) is 3. The van der Waals surface area contributed by atoms with E-state index < -0.39 is 28.5 Å². The molecule has 0 aromatic rings. The normalized spacial score (nSPS) is 29.8. The summed E-state index contributed by atoms with van der Waals surface area (Å²) in [5.74, 6) is -3.21. The summed E-state index contributed by atoms with van der Waals surface area (Å²) in [5, 5.41) is 10.6. The van der Waals surface area contributed by atoms with Crippen LogP contribution < -0.4 is 5.32 Å². The van der Waals surface area contributed by atoms with Crippen LogP contribution in [-0.4, -0.2) is 27.7 Å². The summed E-state index contributed by atoms with van der Waals surface area (Å²) in [6.45, 7) is 0. The van der Waals surface area contributed by atoms with Crippen LogP contribution in [0.5, 0.6) is 0 Å². The molecule has 1 aliphatic rings. The van der Waals surface area contributed by atoms with Crippen molar-refractivity contribution in [3.8, 4) is 0 Å². The predicted octanol–water partition coefficient (Wildman–Crippen LogP) is -0.503. The van der Waals surface area contributed by atoms with Gasteiger partial charge in [0.2, 0.25) is 11.8 Å². The summed E-state index contributed by atoms with van der Waals surface area (Å²) in [4.78, 5) is 31.3. The van der Waals surface area contributed by atoms with E-state index in [2.05, 4.69) is 15.9 Å². The van der Waals surface area contributed by atoms with E-state index in [1.807, 2.05) is 5.32 Å². The topological polar surface area (TPSA) is 83.5 Å². The van der Waals surface area contributed by atoms with E-state index in [0.29, 0.717) is 0 Å². The Balaban J connectivity index is 2.79. The maximum atomic E-state index is 10.9. The Morgan fingerprint density at radius 1 is 1.58 bits per heavy atom. The molecule has 0 bridgehead atoms. The van der Waals surface area contributed by atoms with Gasteiger partial charge in [-0.2, -0.15) is 0 Å². The second-order valence-corrected chi connectivity index (χ2v) is 3.45. The molecule has 1 saturated heterocycles. The second-order valence-electron chi connectivity index (χ2n) is 2.46. The zero-order chi connectivity index (χ0) is 9.30. The third kappa shape index (κ3) is 1.63. The Labute approximate surface area is 76.3 Å². The maximum absolute atomic E-state index is 10.9. The second kappa shape index (κ2) is 3.22. The average molecular weight is 236 g/mol. The maximum Gasteiger partial charge on any atom is 0.308 e. The van der Waals surface area contributed by atoms with Crippen LogP contribution in [0.25, 0.3) is 0 Å². The van der Waals surface area contributed by atoms with Crippen LogP contribution in [0.2, 0.25) is 0 Å². The van der Waals surface area contributed by atoms with Crippen LogP contribution in [-0.2, 0) is 14.4 Å². The molecule has 2 atom stereocenters. The van der Waals surface area contributed by atoms with E-state index >= 15 is 0 Å². The summed E-state index contributed by atoms with van der Waals surface area (Å²) in [5.41, 5.74) is 0. The highest BCUT2D eigenvalue weighted by molar-refractivity contribution is 9.10. The van der Waals surface area contributed by atoms with Crippen molar-refractivity contribution in [2.75, 3.05) is 0 Å². The molecule has 5 nitrogen and oxygen atoms in total. The molecular weight excluding hydrogens is 230 g/mol. The number of imide groups is 1. The number of amides is 2. The van der Waals surface area contributed by atoms with Crippen molar-refractivity contribution in [1.29, 1.82) is 0 Å². The van der Waals surface area contributed by atoms with Crippen molar-refractivity contribution >= 4 is 33.7 Å². The van der Waals surface area contributed by atoms with Crippen molar-refractivity contribution in [3.63, 3.8) is 0 Å². The Bertz CT molecular complexity index is 252. The van der Waals surface area contributed by atoms with Crippen molar-refractivity contribution in [1.82, 2.24) is 5.32 Å². The first-order valence-electron chi connectivity index (χ1n) is 3.23. The fraction of sp³-hybridized carbons (Fsp3) is 0.500. The first-order chi connectivity index (χ1) is 5.52. The minimum atomic E-state index is -1.14. The summed E-state index contributed by atoms with van der Waals surface area (Å²) in [6, 6.07) is 0. The number of carbonyl (C=O) groups is 3. The lowest BCUT2D eigenvalue weighted by Crippen LogP contribution is -2.48. The van der Waals surface area contributed by atoms with Crippen molar-refractivity contribution in [2.24, 2.45) is 5.92 Å². The lowest BCUT2D eigenvalue weighted by Gasteiger charge is -2.22. The van der Waals surface area contributed by atoms with Crippen LogP contribution in [0.3, 0.4) is 0 Å². The summed E-state index contributed by atoms with van der Waals surface area (Å²) in [6.07, 6.45) is -0.156. The number of carboxylic acids is 1. The molecule has 0 aliphatic carbocycles. The smallest absolute Gasteiger partial charge is 0.308 e. The number of nitrogens with one attached hydrogen (secondary N) is 1. The van der Waals surface area contributed by atoms with E-state index in [4.69, 9.17) is 5.11 Å². The molecule has 1 fully saturated rings. The van der Waals surface area contributed by atoms with Crippen molar-refractivity contribution in [3.05, 3.63) is 0 Å². The molecule has 66 valence electrons.